The van der Waals surface area contributed by atoms with Gasteiger partial charge in [0, 0.05) is 19.5 Å². The zero-order valence-electron chi connectivity index (χ0n) is 15.0. The van der Waals surface area contributed by atoms with Crippen molar-refractivity contribution in [2.75, 3.05) is 12.3 Å². The first-order valence-corrected chi connectivity index (χ1v) is 11.7. The number of nitrogens with zero attached hydrogens (tertiary/aromatic N) is 3. The van der Waals surface area contributed by atoms with Crippen LogP contribution >= 0.6 is 27.0 Å². The van der Waals surface area contributed by atoms with Gasteiger partial charge in [-0.25, -0.2) is 19.1 Å². The Labute approximate surface area is 164 Å². The molecule has 12 nitrogen and oxygen atoms in total. The summed E-state index contributed by atoms with van der Waals surface area (Å²) >= 11 is 1.26. The van der Waals surface area contributed by atoms with Crippen molar-refractivity contribution in [1.29, 1.82) is 0 Å². The number of anilines is 1. The van der Waals surface area contributed by atoms with E-state index >= 15 is 0 Å². The molecule has 0 aliphatic heterocycles. The minimum atomic E-state index is -5.16. The van der Waals surface area contributed by atoms with Crippen LogP contribution in [0.4, 0.5) is 5.82 Å². The molecule has 2 aromatic heterocycles. The van der Waals surface area contributed by atoms with Gasteiger partial charge < -0.3 is 25.5 Å². The molecule has 0 aromatic carbocycles. The first kappa shape index (κ1) is 23.0. The molecule has 6 N–H and O–H groups in total. The van der Waals surface area contributed by atoms with E-state index < -0.39 is 15.6 Å². The van der Waals surface area contributed by atoms with E-state index in [1.54, 1.807) is 20.0 Å². The number of aromatic nitrogens is 3. The third-order valence-electron chi connectivity index (χ3n) is 3.63. The number of aryl methyl sites for hydroxylation is 1. The summed E-state index contributed by atoms with van der Waals surface area (Å²) in [6, 6.07) is 0. The van der Waals surface area contributed by atoms with Gasteiger partial charge in [0.25, 0.3) is 5.01 Å². The lowest BCUT2D eigenvalue weighted by molar-refractivity contribution is -0.698. The molecule has 156 valence electrons. The summed E-state index contributed by atoms with van der Waals surface area (Å²) in [6.45, 7) is 3.27. The molecule has 0 fully saturated rings. The quantitative estimate of drug-likeness (QED) is 0.259. The van der Waals surface area contributed by atoms with Crippen molar-refractivity contribution >= 4 is 32.8 Å². The average Bonchev–Trinajstić information content (AvgIpc) is 2.83. The predicted octanol–water partition coefficient (Wildman–Crippen LogP) is 0.334. The maximum absolute atomic E-state index is 11.5. The highest BCUT2D eigenvalue weighted by atomic mass is 32.1. The molecule has 2 heterocycles. The number of thiazole rings is 1. The molecule has 0 aliphatic carbocycles. The summed E-state index contributed by atoms with van der Waals surface area (Å²) in [5, 5.41) is 10.3. The highest BCUT2D eigenvalue weighted by Crippen LogP contribution is 2.57. The van der Waals surface area contributed by atoms with Crippen LogP contribution in [0.1, 0.15) is 27.0 Å². The van der Waals surface area contributed by atoms with Gasteiger partial charge in [-0.3, -0.25) is 4.52 Å². The SMILES string of the molecule is Cc1ncc(C[n+]2c(CO)sc(CCOP(=O)(O)OP(=O)(O)O)c2C)c(N)n1. The summed E-state index contributed by atoms with van der Waals surface area (Å²) < 4.78 is 32.3. The van der Waals surface area contributed by atoms with Crippen LogP contribution < -0.4 is 10.3 Å². The van der Waals surface area contributed by atoms with Gasteiger partial charge in [-0.05, 0) is 6.92 Å². The molecule has 0 aliphatic rings. The highest BCUT2D eigenvalue weighted by Gasteiger charge is 2.32. The van der Waals surface area contributed by atoms with Gasteiger partial charge >= 0.3 is 15.6 Å². The monoisotopic (exact) mass is 455 g/mol. The number of phosphoric ester groups is 1. The lowest BCUT2D eigenvalue weighted by Crippen LogP contribution is -2.40. The Hall–Kier alpha value is -1.27. The van der Waals surface area contributed by atoms with E-state index in [0.29, 0.717) is 28.8 Å². The number of hydrogen-bond donors (Lipinski definition) is 5. The zero-order chi connectivity index (χ0) is 21.1. The Morgan fingerprint density at radius 3 is 2.54 bits per heavy atom. The Morgan fingerprint density at radius 2 is 1.96 bits per heavy atom. The second-order valence-corrected chi connectivity index (χ2v) is 9.70. The van der Waals surface area contributed by atoms with Gasteiger partial charge in [-0.15, -0.1) is 0 Å². The fourth-order valence-corrected chi connectivity index (χ4v) is 5.07. The second kappa shape index (κ2) is 9.04. The largest absolute Gasteiger partial charge is 0.481 e. The average molecular weight is 455 g/mol. The van der Waals surface area contributed by atoms with E-state index in [4.69, 9.17) is 15.5 Å². The predicted molar refractivity (Wildman–Crippen MR) is 98.1 cm³/mol. The van der Waals surface area contributed by atoms with E-state index in [1.807, 2.05) is 4.57 Å². The molecule has 0 saturated carbocycles. The van der Waals surface area contributed by atoms with E-state index in [2.05, 4.69) is 18.8 Å². The molecule has 2 rings (SSSR count). The summed E-state index contributed by atoms with van der Waals surface area (Å²) in [4.78, 5) is 35.4. The highest BCUT2D eigenvalue weighted by molar-refractivity contribution is 7.60. The summed E-state index contributed by atoms with van der Waals surface area (Å²) in [5.74, 6) is 0.870. The van der Waals surface area contributed by atoms with Gasteiger partial charge in [0.2, 0.25) is 0 Å². The van der Waals surface area contributed by atoms with Crippen molar-refractivity contribution in [3.8, 4) is 0 Å². The lowest BCUT2D eigenvalue weighted by atomic mass is 10.2. The van der Waals surface area contributed by atoms with E-state index in [1.165, 1.54) is 11.3 Å². The van der Waals surface area contributed by atoms with Gasteiger partial charge in [-0.2, -0.15) is 8.88 Å². The number of phosphoric acid groups is 2. The van der Waals surface area contributed by atoms with Crippen LogP contribution in [0.25, 0.3) is 0 Å². The summed E-state index contributed by atoms with van der Waals surface area (Å²) in [5.41, 5.74) is 7.35. The number of aliphatic hydroxyl groups is 1. The first-order valence-electron chi connectivity index (χ1n) is 7.86. The van der Waals surface area contributed by atoms with Crippen molar-refractivity contribution in [3.05, 3.63) is 33.2 Å². The molecule has 28 heavy (non-hydrogen) atoms. The number of hydrogen-bond acceptors (Lipinski definition) is 9. The fourth-order valence-electron chi connectivity index (χ4n) is 2.38. The van der Waals surface area contributed by atoms with Crippen molar-refractivity contribution in [2.24, 2.45) is 0 Å². The van der Waals surface area contributed by atoms with Gasteiger partial charge in [-0.1, -0.05) is 11.3 Å². The first-order chi connectivity index (χ1) is 12.9. The number of nitrogens with two attached hydrogens (primary N) is 1. The standard InChI is InChI=1S/C13H20N4O8P2S/c1-8-11(3-4-24-27(22,23)25-26(19,20)21)28-12(7-18)17(8)6-10-5-15-9(2)16-13(10)14/h5,18H,3-4,6-7H2,1-2H3,(H4-,14,15,16,19,20,21,22,23)/p+1. The summed E-state index contributed by atoms with van der Waals surface area (Å²) in [7, 11) is -10.1. The zero-order valence-corrected chi connectivity index (χ0v) is 17.7. The van der Waals surface area contributed by atoms with Gasteiger partial charge in [0.05, 0.1) is 17.0 Å². The van der Waals surface area contributed by atoms with Crippen LogP contribution in [0.3, 0.4) is 0 Å². The summed E-state index contributed by atoms with van der Waals surface area (Å²) in [6.07, 6.45) is 1.76. The normalized spacial score (nSPS) is 14.2. The molecule has 0 amide bonds. The lowest BCUT2D eigenvalue weighted by Gasteiger charge is -2.11. The van der Waals surface area contributed by atoms with Gasteiger partial charge in [0.1, 0.15) is 18.2 Å². The van der Waals surface area contributed by atoms with Gasteiger partial charge in [0.15, 0.2) is 12.2 Å². The molecule has 1 atom stereocenters. The van der Waals surface area contributed by atoms with Crippen LogP contribution in [-0.4, -0.2) is 36.4 Å². The van der Waals surface area contributed by atoms with Crippen molar-refractivity contribution in [3.63, 3.8) is 0 Å². The van der Waals surface area contributed by atoms with Crippen molar-refractivity contribution in [2.45, 2.75) is 33.4 Å². The molecule has 0 saturated heterocycles. The Bertz CT molecular complexity index is 947. The van der Waals surface area contributed by atoms with E-state index in [9.17, 15) is 19.1 Å². The smallest absolute Gasteiger partial charge is 0.384 e. The minimum Gasteiger partial charge on any atom is -0.384 e. The molecule has 15 heteroatoms. The number of nitrogen functional groups attached to an aromatic ring is 1. The maximum Gasteiger partial charge on any atom is 0.481 e. The van der Waals surface area contributed by atoms with E-state index in [-0.39, 0.29) is 19.6 Å². The fraction of sp³-hybridized carbons (Fsp3) is 0.462. The molecular formula is C13H21N4O8P2S+. The molecule has 1 unspecified atom stereocenters. The van der Waals surface area contributed by atoms with Crippen molar-refractivity contribution < 1.29 is 42.3 Å². The van der Waals surface area contributed by atoms with Crippen LogP contribution in [0.2, 0.25) is 0 Å². The third-order valence-corrected chi connectivity index (χ3v) is 7.14. The molecule has 0 bridgehead atoms. The Kier molecular flexibility index (Phi) is 7.43. The second-order valence-electron chi connectivity index (χ2n) is 5.70. The molecule has 0 radical (unpaired) electrons. The maximum atomic E-state index is 11.5. The molecular weight excluding hydrogens is 434 g/mol. The molecule has 2 aromatic rings. The third kappa shape index (κ3) is 6.38. The Balaban J connectivity index is 2.13. The number of aliphatic hydroxyl groups excluding tert-OH is 1. The number of rotatable bonds is 9. The minimum absolute atomic E-state index is 0.158. The van der Waals surface area contributed by atoms with Crippen LogP contribution in [0.5, 0.6) is 0 Å². The van der Waals surface area contributed by atoms with Crippen LogP contribution in [0, 0.1) is 13.8 Å². The van der Waals surface area contributed by atoms with Crippen LogP contribution in [-0.2, 0) is 37.5 Å². The van der Waals surface area contributed by atoms with Crippen LogP contribution in [0.15, 0.2) is 6.20 Å². The Morgan fingerprint density at radius 1 is 1.29 bits per heavy atom. The molecule has 0 spiro atoms. The topological polar surface area (TPSA) is 189 Å². The van der Waals surface area contributed by atoms with Crippen molar-refractivity contribution in [1.82, 2.24) is 9.97 Å². The van der Waals surface area contributed by atoms with E-state index in [0.717, 1.165) is 10.6 Å².